The Morgan fingerprint density at radius 2 is 1.89 bits per heavy atom. The zero-order chi connectivity index (χ0) is 13.3. The normalized spacial score (nSPS) is 12.6. The van der Waals surface area contributed by atoms with Gasteiger partial charge in [0.2, 0.25) is 0 Å². The van der Waals surface area contributed by atoms with Crippen LogP contribution in [0.4, 0.5) is 0 Å². The standard InChI is InChI=1S/C15H21NS2/c1-11-12-8-6-7-9-13(12)17-14(11)10-16(5)18-15(2,3)4/h6-9H,10H2,1-5H3. The quantitative estimate of drug-likeness (QED) is 0.720. The Balaban J connectivity index is 2.19. The van der Waals surface area contributed by atoms with Gasteiger partial charge in [-0.2, -0.15) is 0 Å². The molecule has 0 aliphatic heterocycles. The Labute approximate surface area is 118 Å². The topological polar surface area (TPSA) is 3.24 Å². The molecule has 1 aromatic heterocycles. The van der Waals surface area contributed by atoms with Gasteiger partial charge in [-0.25, -0.2) is 4.31 Å². The first kappa shape index (κ1) is 13.9. The maximum Gasteiger partial charge on any atom is 0.0434 e. The second kappa shape index (κ2) is 5.24. The van der Waals surface area contributed by atoms with Crippen LogP contribution in [-0.4, -0.2) is 16.1 Å². The van der Waals surface area contributed by atoms with Gasteiger partial charge in [0, 0.05) is 20.9 Å². The van der Waals surface area contributed by atoms with Crippen LogP contribution >= 0.6 is 23.3 Å². The fraction of sp³-hybridized carbons (Fsp3) is 0.467. The van der Waals surface area contributed by atoms with E-state index in [0.717, 1.165) is 6.54 Å². The summed E-state index contributed by atoms with van der Waals surface area (Å²) in [5.74, 6) is 0. The largest absolute Gasteiger partial charge is 0.248 e. The SMILES string of the molecule is Cc1c(CN(C)SC(C)(C)C)sc2ccccc12. The van der Waals surface area contributed by atoms with E-state index in [4.69, 9.17) is 0 Å². The molecule has 98 valence electrons. The lowest BCUT2D eigenvalue weighted by atomic mass is 10.1. The van der Waals surface area contributed by atoms with E-state index in [0.29, 0.717) is 0 Å². The van der Waals surface area contributed by atoms with Gasteiger partial charge in [-0.15, -0.1) is 11.3 Å². The van der Waals surface area contributed by atoms with Crippen molar-refractivity contribution in [2.24, 2.45) is 0 Å². The predicted octanol–water partition coefficient (Wildman–Crippen LogP) is 5.09. The first-order valence-corrected chi connectivity index (χ1v) is 7.83. The highest BCUT2D eigenvalue weighted by molar-refractivity contribution is 7.98. The van der Waals surface area contributed by atoms with Gasteiger partial charge in [0.1, 0.15) is 0 Å². The van der Waals surface area contributed by atoms with Crippen molar-refractivity contribution in [3.63, 3.8) is 0 Å². The summed E-state index contributed by atoms with van der Waals surface area (Å²) < 4.78 is 4.02. The first-order valence-electron chi connectivity index (χ1n) is 6.24. The summed E-state index contributed by atoms with van der Waals surface area (Å²) in [6.45, 7) is 10.0. The van der Waals surface area contributed by atoms with E-state index >= 15 is 0 Å². The van der Waals surface area contributed by atoms with Gasteiger partial charge in [0.15, 0.2) is 0 Å². The Morgan fingerprint density at radius 3 is 2.50 bits per heavy atom. The van der Waals surface area contributed by atoms with Crippen LogP contribution in [0.1, 0.15) is 31.2 Å². The van der Waals surface area contributed by atoms with E-state index < -0.39 is 0 Å². The van der Waals surface area contributed by atoms with Crippen molar-refractivity contribution in [2.45, 2.75) is 39.0 Å². The van der Waals surface area contributed by atoms with Gasteiger partial charge < -0.3 is 0 Å². The molecule has 1 aromatic carbocycles. The van der Waals surface area contributed by atoms with E-state index in [9.17, 15) is 0 Å². The van der Waals surface area contributed by atoms with Gasteiger partial charge in [0.25, 0.3) is 0 Å². The van der Waals surface area contributed by atoms with Gasteiger partial charge in [-0.3, -0.25) is 0 Å². The molecule has 18 heavy (non-hydrogen) atoms. The zero-order valence-electron chi connectivity index (χ0n) is 11.8. The highest BCUT2D eigenvalue weighted by atomic mass is 32.2. The molecule has 0 aliphatic carbocycles. The molecule has 0 radical (unpaired) electrons. The highest BCUT2D eigenvalue weighted by Crippen LogP contribution is 2.34. The second-order valence-electron chi connectivity index (χ2n) is 5.64. The summed E-state index contributed by atoms with van der Waals surface area (Å²) in [5, 5.41) is 1.41. The van der Waals surface area contributed by atoms with Crippen molar-refractivity contribution in [1.82, 2.24) is 4.31 Å². The van der Waals surface area contributed by atoms with Crippen molar-refractivity contribution < 1.29 is 0 Å². The number of hydrogen-bond donors (Lipinski definition) is 0. The molecular formula is C15H21NS2. The van der Waals surface area contributed by atoms with Gasteiger partial charge in [0.05, 0.1) is 0 Å². The molecule has 0 saturated heterocycles. The predicted molar refractivity (Wildman–Crippen MR) is 85.4 cm³/mol. The summed E-state index contributed by atoms with van der Waals surface area (Å²) in [6.07, 6.45) is 0. The van der Waals surface area contributed by atoms with Crippen molar-refractivity contribution in [1.29, 1.82) is 0 Å². The maximum atomic E-state index is 2.34. The molecule has 1 nitrogen and oxygen atoms in total. The van der Waals surface area contributed by atoms with E-state index in [1.54, 1.807) is 0 Å². The molecule has 2 rings (SSSR count). The Bertz CT molecular complexity index is 537. The van der Waals surface area contributed by atoms with Crippen LogP contribution in [0.2, 0.25) is 0 Å². The minimum absolute atomic E-state index is 0.277. The van der Waals surface area contributed by atoms with Crippen molar-refractivity contribution in [2.75, 3.05) is 7.05 Å². The Hall–Kier alpha value is -0.510. The van der Waals surface area contributed by atoms with Crippen LogP contribution < -0.4 is 0 Å². The molecule has 1 heterocycles. The van der Waals surface area contributed by atoms with Crippen LogP contribution in [0.3, 0.4) is 0 Å². The third-order valence-electron chi connectivity index (χ3n) is 2.74. The van der Waals surface area contributed by atoms with Crippen molar-refractivity contribution in [3.05, 3.63) is 34.7 Å². The minimum Gasteiger partial charge on any atom is -0.248 e. The van der Waals surface area contributed by atoms with Crippen LogP contribution in [0.25, 0.3) is 10.1 Å². The third kappa shape index (κ3) is 3.28. The molecule has 3 heteroatoms. The molecule has 0 fully saturated rings. The first-order chi connectivity index (χ1) is 8.37. The van der Waals surface area contributed by atoms with Crippen molar-refractivity contribution >= 4 is 33.4 Å². The molecule has 0 unspecified atom stereocenters. The Kier molecular flexibility index (Phi) is 4.05. The highest BCUT2D eigenvalue weighted by Gasteiger charge is 2.16. The molecule has 0 atom stereocenters. The van der Waals surface area contributed by atoms with E-state index in [2.05, 4.69) is 63.3 Å². The van der Waals surface area contributed by atoms with Crippen molar-refractivity contribution in [3.8, 4) is 0 Å². The number of rotatable bonds is 3. The molecule has 0 amide bonds. The number of fused-ring (bicyclic) bond motifs is 1. The summed E-state index contributed by atoms with van der Waals surface area (Å²) in [6, 6.07) is 8.68. The molecule has 0 N–H and O–H groups in total. The summed E-state index contributed by atoms with van der Waals surface area (Å²) in [7, 11) is 2.18. The van der Waals surface area contributed by atoms with Crippen LogP contribution in [0.15, 0.2) is 24.3 Å². The summed E-state index contributed by atoms with van der Waals surface area (Å²) in [4.78, 5) is 1.48. The number of aryl methyl sites for hydroxylation is 1. The third-order valence-corrected chi connectivity index (χ3v) is 4.98. The maximum absolute atomic E-state index is 2.34. The second-order valence-corrected chi connectivity index (χ2v) is 8.80. The van der Waals surface area contributed by atoms with Crippen LogP contribution in [-0.2, 0) is 6.54 Å². The molecule has 0 aliphatic rings. The lowest BCUT2D eigenvalue weighted by Crippen LogP contribution is -2.19. The number of thiophene rings is 1. The van der Waals surface area contributed by atoms with Crippen LogP contribution in [0, 0.1) is 6.92 Å². The molecule has 2 aromatic rings. The fourth-order valence-electron chi connectivity index (χ4n) is 2.08. The summed E-state index contributed by atoms with van der Waals surface area (Å²) >= 11 is 3.83. The molecule has 0 spiro atoms. The van der Waals surface area contributed by atoms with E-state index in [1.165, 1.54) is 20.5 Å². The minimum atomic E-state index is 0.277. The molecule has 0 bridgehead atoms. The molecule has 0 saturated carbocycles. The van der Waals surface area contributed by atoms with Crippen LogP contribution in [0.5, 0.6) is 0 Å². The fourth-order valence-corrected chi connectivity index (χ4v) is 4.55. The average Bonchev–Trinajstić information content (AvgIpc) is 2.54. The lowest BCUT2D eigenvalue weighted by molar-refractivity contribution is 0.554. The zero-order valence-corrected chi connectivity index (χ0v) is 13.4. The smallest absolute Gasteiger partial charge is 0.0434 e. The Morgan fingerprint density at radius 1 is 1.22 bits per heavy atom. The van der Waals surface area contributed by atoms with E-state index in [1.807, 2.05) is 23.3 Å². The lowest BCUT2D eigenvalue weighted by Gasteiger charge is -2.25. The molecular weight excluding hydrogens is 258 g/mol. The van der Waals surface area contributed by atoms with E-state index in [-0.39, 0.29) is 4.75 Å². The van der Waals surface area contributed by atoms with Gasteiger partial charge in [-0.05, 0) is 51.8 Å². The number of nitrogens with zero attached hydrogens (tertiary/aromatic N) is 1. The number of benzene rings is 1. The number of hydrogen-bond acceptors (Lipinski definition) is 3. The van der Waals surface area contributed by atoms with Gasteiger partial charge >= 0.3 is 0 Å². The average molecular weight is 279 g/mol. The summed E-state index contributed by atoms with van der Waals surface area (Å²) in [5.41, 5.74) is 1.44. The monoisotopic (exact) mass is 279 g/mol. The van der Waals surface area contributed by atoms with Gasteiger partial charge in [-0.1, -0.05) is 30.1 Å².